The number of sulfonamides is 1. The van der Waals surface area contributed by atoms with E-state index in [2.05, 4.69) is 20.1 Å². The summed E-state index contributed by atoms with van der Waals surface area (Å²) in [5.41, 5.74) is 1.67. The van der Waals surface area contributed by atoms with Gasteiger partial charge >= 0.3 is 0 Å². The second kappa shape index (κ2) is 8.76. The van der Waals surface area contributed by atoms with Gasteiger partial charge in [-0.25, -0.2) is 22.8 Å². The van der Waals surface area contributed by atoms with Gasteiger partial charge in [0.15, 0.2) is 5.03 Å². The van der Waals surface area contributed by atoms with Crippen LogP contribution in [0, 0.1) is 6.92 Å². The number of rotatable bonds is 8. The van der Waals surface area contributed by atoms with Gasteiger partial charge in [0, 0.05) is 49.5 Å². The molecule has 0 unspecified atom stereocenters. The molecular weight excluding hydrogens is 416 g/mol. The number of imidazole rings is 1. The van der Waals surface area contributed by atoms with Crippen LogP contribution in [0.3, 0.4) is 0 Å². The molecule has 3 rings (SSSR count). The van der Waals surface area contributed by atoms with Crippen molar-refractivity contribution in [3.63, 3.8) is 0 Å². The number of benzene rings is 1. The maximum atomic E-state index is 12.2. The van der Waals surface area contributed by atoms with Gasteiger partial charge in [-0.2, -0.15) is 5.10 Å². The van der Waals surface area contributed by atoms with Gasteiger partial charge in [0.2, 0.25) is 5.91 Å². The fourth-order valence-corrected chi connectivity index (χ4v) is 3.70. The average molecular weight is 437 g/mol. The summed E-state index contributed by atoms with van der Waals surface area (Å²) in [6.07, 6.45) is 4.89. The Morgan fingerprint density at radius 1 is 1.21 bits per heavy atom. The zero-order valence-corrected chi connectivity index (χ0v) is 17.5. The second-order valence-electron chi connectivity index (χ2n) is 6.43. The lowest BCUT2D eigenvalue weighted by atomic mass is 10.3. The third kappa shape index (κ3) is 5.43. The standard InChI is InChI=1S/C18H21ClN6O3S/c1-13-23-18(12-24(13)2)29(27,28)22-8-7-17(26)20-9-14-10-21-25(11-14)16-5-3-15(19)4-6-16/h3-6,10-12,22H,7-9H2,1-2H3,(H,20,26). The van der Waals surface area contributed by atoms with Crippen molar-refractivity contribution in [2.45, 2.75) is 24.9 Å². The first-order valence-electron chi connectivity index (χ1n) is 8.80. The molecule has 2 aromatic heterocycles. The van der Waals surface area contributed by atoms with Crippen LogP contribution >= 0.6 is 11.6 Å². The SMILES string of the molecule is Cc1nc(S(=O)(=O)NCCC(=O)NCc2cnn(-c3ccc(Cl)cc3)c2)cn1C. The molecule has 0 saturated carbocycles. The third-order valence-electron chi connectivity index (χ3n) is 4.22. The van der Waals surface area contributed by atoms with Crippen LogP contribution in [0.1, 0.15) is 17.8 Å². The molecule has 1 amide bonds. The molecule has 0 bridgehead atoms. The summed E-state index contributed by atoms with van der Waals surface area (Å²) in [7, 11) is -2.03. The van der Waals surface area contributed by atoms with Gasteiger partial charge in [-0.3, -0.25) is 4.79 Å². The van der Waals surface area contributed by atoms with E-state index in [1.165, 1.54) is 6.20 Å². The molecule has 2 heterocycles. The number of amides is 1. The Morgan fingerprint density at radius 3 is 2.59 bits per heavy atom. The number of aryl methyl sites for hydroxylation is 2. The Bertz CT molecular complexity index is 1090. The fourth-order valence-electron chi connectivity index (χ4n) is 2.50. The molecular formula is C18H21ClN6O3S. The number of hydrogen-bond acceptors (Lipinski definition) is 5. The maximum absolute atomic E-state index is 12.2. The zero-order valence-electron chi connectivity index (χ0n) is 16.0. The molecule has 0 aliphatic carbocycles. The Morgan fingerprint density at radius 2 is 1.93 bits per heavy atom. The van der Waals surface area contributed by atoms with Gasteiger partial charge in [-0.1, -0.05) is 11.6 Å². The van der Waals surface area contributed by atoms with E-state index in [9.17, 15) is 13.2 Å². The predicted octanol–water partition coefficient (Wildman–Crippen LogP) is 1.55. The summed E-state index contributed by atoms with van der Waals surface area (Å²) in [4.78, 5) is 16.0. The van der Waals surface area contributed by atoms with Gasteiger partial charge in [0.1, 0.15) is 5.82 Å². The van der Waals surface area contributed by atoms with Crippen LogP contribution in [0.2, 0.25) is 5.02 Å². The second-order valence-corrected chi connectivity index (χ2v) is 8.58. The van der Waals surface area contributed by atoms with Gasteiger partial charge in [0.05, 0.1) is 11.9 Å². The van der Waals surface area contributed by atoms with E-state index in [1.807, 2.05) is 12.1 Å². The van der Waals surface area contributed by atoms with Crippen molar-refractivity contribution >= 4 is 27.5 Å². The van der Waals surface area contributed by atoms with Gasteiger partial charge < -0.3 is 9.88 Å². The van der Waals surface area contributed by atoms with Crippen molar-refractivity contribution in [1.29, 1.82) is 0 Å². The number of hydrogen-bond donors (Lipinski definition) is 2. The summed E-state index contributed by atoms with van der Waals surface area (Å²) in [5, 5.41) is 7.58. The topological polar surface area (TPSA) is 111 Å². The summed E-state index contributed by atoms with van der Waals surface area (Å²) in [5.74, 6) is 0.311. The number of carbonyl (C=O) groups is 1. The lowest BCUT2D eigenvalue weighted by molar-refractivity contribution is -0.121. The van der Waals surface area contributed by atoms with Crippen LogP contribution in [0.5, 0.6) is 0 Å². The van der Waals surface area contributed by atoms with Crippen LogP contribution in [0.4, 0.5) is 0 Å². The molecule has 0 spiro atoms. The lowest BCUT2D eigenvalue weighted by Gasteiger charge is -2.05. The van der Waals surface area contributed by atoms with Crippen LogP contribution in [0.15, 0.2) is 47.9 Å². The Hall–Kier alpha value is -2.69. The number of halogens is 1. The lowest BCUT2D eigenvalue weighted by Crippen LogP contribution is -2.30. The highest BCUT2D eigenvalue weighted by molar-refractivity contribution is 7.89. The molecule has 9 nitrogen and oxygen atoms in total. The van der Waals surface area contributed by atoms with Crippen molar-refractivity contribution in [3.8, 4) is 5.69 Å². The van der Waals surface area contributed by atoms with E-state index in [0.29, 0.717) is 17.4 Å². The monoisotopic (exact) mass is 436 g/mol. The fraction of sp³-hybridized carbons (Fsp3) is 0.278. The Labute approximate surface area is 173 Å². The summed E-state index contributed by atoms with van der Waals surface area (Å²) < 4.78 is 30.0. The molecule has 1 aromatic carbocycles. The first-order valence-corrected chi connectivity index (χ1v) is 10.7. The first kappa shape index (κ1) is 21.0. The normalized spacial score (nSPS) is 11.6. The van der Waals surface area contributed by atoms with E-state index < -0.39 is 10.0 Å². The largest absolute Gasteiger partial charge is 0.352 e. The van der Waals surface area contributed by atoms with E-state index >= 15 is 0 Å². The molecule has 11 heteroatoms. The van der Waals surface area contributed by atoms with Gasteiger partial charge in [-0.05, 0) is 31.2 Å². The summed E-state index contributed by atoms with van der Waals surface area (Å²) >= 11 is 5.88. The highest BCUT2D eigenvalue weighted by atomic mass is 35.5. The van der Waals surface area contributed by atoms with Crippen molar-refractivity contribution < 1.29 is 13.2 Å². The smallest absolute Gasteiger partial charge is 0.259 e. The van der Waals surface area contributed by atoms with Crippen molar-refractivity contribution in [3.05, 3.63) is 59.3 Å². The molecule has 154 valence electrons. The molecule has 29 heavy (non-hydrogen) atoms. The number of nitrogens with zero attached hydrogens (tertiary/aromatic N) is 4. The molecule has 3 aromatic rings. The first-order chi connectivity index (χ1) is 13.7. The van der Waals surface area contributed by atoms with E-state index in [0.717, 1.165) is 11.3 Å². The minimum atomic E-state index is -3.74. The van der Waals surface area contributed by atoms with Crippen molar-refractivity contribution in [1.82, 2.24) is 29.4 Å². The molecule has 0 aliphatic heterocycles. The predicted molar refractivity (Wildman–Crippen MR) is 108 cm³/mol. The number of nitrogens with one attached hydrogen (secondary N) is 2. The summed E-state index contributed by atoms with van der Waals surface area (Å²) in [6, 6.07) is 7.22. The van der Waals surface area contributed by atoms with E-state index in [4.69, 9.17) is 11.6 Å². The third-order valence-corrected chi connectivity index (χ3v) is 5.81. The molecule has 2 N–H and O–H groups in total. The van der Waals surface area contributed by atoms with Crippen LogP contribution < -0.4 is 10.0 Å². The number of aromatic nitrogens is 4. The van der Waals surface area contributed by atoms with Crippen molar-refractivity contribution in [2.24, 2.45) is 7.05 Å². The quantitative estimate of drug-likeness (QED) is 0.556. The minimum absolute atomic E-state index is 0.0103. The highest BCUT2D eigenvalue weighted by Gasteiger charge is 2.18. The number of carbonyl (C=O) groups excluding carboxylic acids is 1. The Kier molecular flexibility index (Phi) is 6.36. The molecule has 0 fully saturated rings. The van der Waals surface area contributed by atoms with Gasteiger partial charge in [-0.15, -0.1) is 0 Å². The summed E-state index contributed by atoms with van der Waals surface area (Å²) in [6.45, 7) is 1.98. The average Bonchev–Trinajstić information content (AvgIpc) is 3.28. The highest BCUT2D eigenvalue weighted by Crippen LogP contribution is 2.13. The minimum Gasteiger partial charge on any atom is -0.352 e. The molecule has 0 radical (unpaired) electrons. The van der Waals surface area contributed by atoms with E-state index in [1.54, 1.807) is 47.7 Å². The Balaban J connectivity index is 1.46. The van der Waals surface area contributed by atoms with Crippen LogP contribution in [0.25, 0.3) is 5.69 Å². The molecule has 0 atom stereocenters. The zero-order chi connectivity index (χ0) is 21.0. The van der Waals surface area contributed by atoms with Crippen LogP contribution in [-0.4, -0.2) is 40.2 Å². The van der Waals surface area contributed by atoms with Crippen LogP contribution in [-0.2, 0) is 28.4 Å². The van der Waals surface area contributed by atoms with Crippen molar-refractivity contribution in [2.75, 3.05) is 6.54 Å². The molecule has 0 saturated heterocycles. The maximum Gasteiger partial charge on any atom is 0.259 e. The van der Waals surface area contributed by atoms with E-state index in [-0.39, 0.29) is 23.9 Å². The molecule has 0 aliphatic rings. The van der Waals surface area contributed by atoms with Gasteiger partial charge in [0.25, 0.3) is 10.0 Å².